The second-order valence-electron chi connectivity index (χ2n) is 8.05. The number of nitrogens with one attached hydrogen (secondary N) is 2. The lowest BCUT2D eigenvalue weighted by Crippen LogP contribution is -2.53. The fourth-order valence-corrected chi connectivity index (χ4v) is 4.53. The molecule has 7 nitrogen and oxygen atoms in total. The molecule has 3 atom stereocenters. The monoisotopic (exact) mass is 370 g/mol. The van der Waals surface area contributed by atoms with Crippen molar-refractivity contribution in [2.75, 3.05) is 13.1 Å². The summed E-state index contributed by atoms with van der Waals surface area (Å²) in [5, 5.41) is 5.87. The summed E-state index contributed by atoms with van der Waals surface area (Å²) >= 11 is 0. The molecule has 2 fully saturated rings. The van der Waals surface area contributed by atoms with E-state index >= 15 is 0 Å². The highest BCUT2D eigenvalue weighted by molar-refractivity contribution is 6.05. The van der Waals surface area contributed by atoms with Gasteiger partial charge in [0.2, 0.25) is 11.8 Å². The van der Waals surface area contributed by atoms with E-state index in [9.17, 15) is 14.4 Å². The van der Waals surface area contributed by atoms with Gasteiger partial charge < -0.3 is 10.2 Å². The first-order valence-electron chi connectivity index (χ1n) is 9.65. The molecule has 0 aliphatic carbocycles. The molecule has 3 amide bonds. The van der Waals surface area contributed by atoms with Crippen molar-refractivity contribution >= 4 is 17.7 Å². The van der Waals surface area contributed by atoms with E-state index in [4.69, 9.17) is 0 Å². The van der Waals surface area contributed by atoms with Gasteiger partial charge in [-0.05, 0) is 37.5 Å². The molecule has 144 valence electrons. The van der Waals surface area contributed by atoms with Crippen molar-refractivity contribution in [3.05, 3.63) is 34.9 Å². The van der Waals surface area contributed by atoms with Crippen LogP contribution in [0, 0.1) is 0 Å². The minimum absolute atomic E-state index is 0.108. The van der Waals surface area contributed by atoms with Crippen LogP contribution in [-0.2, 0) is 22.7 Å². The lowest BCUT2D eigenvalue weighted by molar-refractivity contribution is -0.136. The number of hydrogen-bond acceptors (Lipinski definition) is 5. The van der Waals surface area contributed by atoms with Crippen molar-refractivity contribution in [2.45, 2.75) is 57.9 Å². The summed E-state index contributed by atoms with van der Waals surface area (Å²) in [7, 11) is 0. The lowest BCUT2D eigenvalue weighted by atomic mass is 10.0. The molecule has 1 aromatic carbocycles. The molecular weight excluding hydrogens is 344 g/mol. The fraction of sp³-hybridized carbons (Fsp3) is 0.550. The zero-order valence-corrected chi connectivity index (χ0v) is 15.8. The number of fused-ring (bicyclic) bond motifs is 1. The number of benzene rings is 1. The first-order chi connectivity index (χ1) is 12.9. The number of hydrogen-bond donors (Lipinski definition) is 2. The summed E-state index contributed by atoms with van der Waals surface area (Å²) in [5.41, 5.74) is 2.76. The first kappa shape index (κ1) is 18.1. The quantitative estimate of drug-likeness (QED) is 0.763. The standard InChI is InChI=1S/C20H26N4O3/c1-12-8-23(9-13(2)21-12)10-14-3-4-15-11-24(20(27)16(15)7-14)17-5-6-18(25)22-19(17)26/h3-4,7,12-13,17,21H,5-6,8-11H2,1-2H3,(H,22,25,26). The smallest absolute Gasteiger partial charge is 0.255 e. The molecule has 27 heavy (non-hydrogen) atoms. The van der Waals surface area contributed by atoms with E-state index in [2.05, 4.69) is 35.4 Å². The van der Waals surface area contributed by atoms with E-state index in [1.165, 1.54) is 0 Å². The normalized spacial score (nSPS) is 29.0. The summed E-state index contributed by atoms with van der Waals surface area (Å²) in [4.78, 5) is 40.4. The van der Waals surface area contributed by atoms with Gasteiger partial charge in [0.25, 0.3) is 5.91 Å². The zero-order chi connectivity index (χ0) is 19.1. The molecule has 3 unspecified atom stereocenters. The van der Waals surface area contributed by atoms with Crippen molar-refractivity contribution in [1.82, 2.24) is 20.4 Å². The molecule has 0 aromatic heterocycles. The maximum Gasteiger partial charge on any atom is 0.255 e. The van der Waals surface area contributed by atoms with E-state index in [-0.39, 0.29) is 24.1 Å². The number of carbonyl (C=O) groups excluding carboxylic acids is 3. The predicted molar refractivity (Wildman–Crippen MR) is 99.8 cm³/mol. The van der Waals surface area contributed by atoms with Crippen molar-refractivity contribution in [3.63, 3.8) is 0 Å². The van der Waals surface area contributed by atoms with Crippen molar-refractivity contribution in [1.29, 1.82) is 0 Å². The van der Waals surface area contributed by atoms with E-state index in [0.29, 0.717) is 30.6 Å². The molecule has 0 bridgehead atoms. The van der Waals surface area contributed by atoms with E-state index in [1.54, 1.807) is 4.90 Å². The zero-order valence-electron chi connectivity index (χ0n) is 15.8. The summed E-state index contributed by atoms with van der Waals surface area (Å²) in [6.45, 7) is 7.59. The molecule has 2 saturated heterocycles. The van der Waals surface area contributed by atoms with Crippen LogP contribution < -0.4 is 10.6 Å². The van der Waals surface area contributed by atoms with Gasteiger partial charge in [-0.3, -0.25) is 24.6 Å². The molecule has 0 spiro atoms. The van der Waals surface area contributed by atoms with Crippen molar-refractivity contribution in [2.24, 2.45) is 0 Å². The summed E-state index contributed by atoms with van der Waals surface area (Å²) < 4.78 is 0. The van der Waals surface area contributed by atoms with Crippen LogP contribution in [0.2, 0.25) is 0 Å². The number of imide groups is 1. The first-order valence-corrected chi connectivity index (χ1v) is 9.65. The van der Waals surface area contributed by atoms with Gasteiger partial charge in [0.1, 0.15) is 6.04 Å². The molecule has 3 aliphatic rings. The van der Waals surface area contributed by atoms with Gasteiger partial charge in [-0.25, -0.2) is 0 Å². The van der Waals surface area contributed by atoms with Crippen molar-refractivity contribution < 1.29 is 14.4 Å². The third-order valence-electron chi connectivity index (χ3n) is 5.63. The second-order valence-corrected chi connectivity index (χ2v) is 8.05. The Hall–Kier alpha value is -2.25. The van der Waals surface area contributed by atoms with E-state index in [0.717, 1.165) is 30.8 Å². The Labute approximate surface area is 159 Å². The molecule has 2 N–H and O–H groups in total. The van der Waals surface area contributed by atoms with Gasteiger partial charge in [-0.15, -0.1) is 0 Å². The van der Waals surface area contributed by atoms with Crippen LogP contribution in [0.1, 0.15) is 48.2 Å². The van der Waals surface area contributed by atoms with Gasteiger partial charge in [-0.2, -0.15) is 0 Å². The van der Waals surface area contributed by atoms with Gasteiger partial charge in [0, 0.05) is 50.2 Å². The van der Waals surface area contributed by atoms with Crippen LogP contribution in [-0.4, -0.2) is 58.7 Å². The Balaban J connectivity index is 1.48. The molecule has 3 aliphatic heterocycles. The molecule has 7 heteroatoms. The largest absolute Gasteiger partial charge is 0.322 e. The highest BCUT2D eigenvalue weighted by Gasteiger charge is 2.39. The number of amides is 3. The van der Waals surface area contributed by atoms with Crippen LogP contribution in [0.5, 0.6) is 0 Å². The van der Waals surface area contributed by atoms with E-state index < -0.39 is 6.04 Å². The molecule has 3 heterocycles. The van der Waals surface area contributed by atoms with Crippen LogP contribution >= 0.6 is 0 Å². The summed E-state index contributed by atoms with van der Waals surface area (Å²) in [6.07, 6.45) is 0.676. The molecule has 0 radical (unpaired) electrons. The highest BCUT2D eigenvalue weighted by atomic mass is 16.2. The summed E-state index contributed by atoms with van der Waals surface area (Å²) in [6, 6.07) is 6.41. The maximum atomic E-state index is 12.9. The fourth-order valence-electron chi connectivity index (χ4n) is 4.53. The maximum absolute atomic E-state index is 12.9. The number of nitrogens with zero attached hydrogens (tertiary/aromatic N) is 2. The predicted octanol–water partition coefficient (Wildman–Crippen LogP) is 0.630. The Morgan fingerprint density at radius 3 is 2.56 bits per heavy atom. The lowest BCUT2D eigenvalue weighted by Gasteiger charge is -2.36. The van der Waals surface area contributed by atoms with Crippen LogP contribution in [0.4, 0.5) is 0 Å². The minimum atomic E-state index is -0.555. The Morgan fingerprint density at radius 2 is 1.85 bits per heavy atom. The second kappa shape index (κ2) is 7.05. The highest BCUT2D eigenvalue weighted by Crippen LogP contribution is 2.28. The van der Waals surface area contributed by atoms with Gasteiger partial charge >= 0.3 is 0 Å². The van der Waals surface area contributed by atoms with Crippen LogP contribution in [0.15, 0.2) is 18.2 Å². The number of rotatable bonds is 3. The molecule has 4 rings (SSSR count). The minimum Gasteiger partial charge on any atom is -0.322 e. The average molecular weight is 370 g/mol. The molecule has 1 aromatic rings. The summed E-state index contributed by atoms with van der Waals surface area (Å²) in [5.74, 6) is -0.734. The third kappa shape index (κ3) is 3.61. The Morgan fingerprint density at radius 1 is 1.11 bits per heavy atom. The van der Waals surface area contributed by atoms with E-state index in [1.807, 2.05) is 12.1 Å². The number of piperazine rings is 1. The SMILES string of the molecule is CC1CN(Cc2ccc3c(c2)C(=O)N(C2CCC(=O)NC2=O)C3)CC(C)N1. The third-order valence-corrected chi connectivity index (χ3v) is 5.63. The Bertz CT molecular complexity index is 783. The number of piperidine rings is 1. The van der Waals surface area contributed by atoms with Gasteiger partial charge in [-0.1, -0.05) is 12.1 Å². The van der Waals surface area contributed by atoms with Gasteiger partial charge in [0.15, 0.2) is 0 Å². The Kier molecular flexibility index (Phi) is 4.74. The van der Waals surface area contributed by atoms with Crippen LogP contribution in [0.3, 0.4) is 0 Å². The number of carbonyl (C=O) groups is 3. The molecular formula is C20H26N4O3. The molecule has 0 saturated carbocycles. The topological polar surface area (TPSA) is 81.8 Å². The van der Waals surface area contributed by atoms with Crippen LogP contribution in [0.25, 0.3) is 0 Å². The van der Waals surface area contributed by atoms with Gasteiger partial charge in [0.05, 0.1) is 0 Å². The average Bonchev–Trinajstić information content (AvgIpc) is 2.90. The van der Waals surface area contributed by atoms with Crippen molar-refractivity contribution in [3.8, 4) is 0 Å².